The molecule has 0 bridgehead atoms. The molecule has 3 heterocycles. The Morgan fingerprint density at radius 3 is 2.69 bits per heavy atom. The number of ether oxygens (including phenoxy) is 1. The summed E-state index contributed by atoms with van der Waals surface area (Å²) in [6, 6.07) is 14.6. The average molecular weight is 427 g/mol. The molecule has 2 aliphatic rings. The second kappa shape index (κ2) is 7.33. The molecule has 0 unspecified atom stereocenters. The van der Waals surface area contributed by atoms with Crippen LogP contribution in [0.4, 0.5) is 0 Å². The van der Waals surface area contributed by atoms with Crippen molar-refractivity contribution in [1.29, 1.82) is 0 Å². The number of hydrogen-bond donors (Lipinski definition) is 0. The molecule has 2 aromatic carbocycles. The van der Waals surface area contributed by atoms with Gasteiger partial charge in [-0.15, -0.1) is 10.2 Å². The van der Waals surface area contributed by atoms with Crippen molar-refractivity contribution in [3.05, 3.63) is 65.2 Å². The molecular formula is C26H26N4O2. The van der Waals surface area contributed by atoms with E-state index < -0.39 is 0 Å². The van der Waals surface area contributed by atoms with E-state index in [0.717, 1.165) is 22.9 Å². The lowest BCUT2D eigenvalue weighted by Gasteiger charge is -2.24. The molecule has 1 aliphatic carbocycles. The normalized spacial score (nSPS) is 15.7. The molecule has 0 spiro atoms. The van der Waals surface area contributed by atoms with Gasteiger partial charge in [-0.1, -0.05) is 43.5 Å². The van der Waals surface area contributed by atoms with E-state index in [9.17, 15) is 4.79 Å². The first-order valence-electron chi connectivity index (χ1n) is 11.4. The van der Waals surface area contributed by atoms with Crippen molar-refractivity contribution in [2.24, 2.45) is 0 Å². The highest BCUT2D eigenvalue weighted by Gasteiger charge is 2.31. The third-order valence-electron chi connectivity index (χ3n) is 7.13. The van der Waals surface area contributed by atoms with Crippen LogP contribution >= 0.6 is 0 Å². The Hall–Kier alpha value is -3.41. The lowest BCUT2D eigenvalue weighted by atomic mass is 9.81. The third-order valence-corrected chi connectivity index (χ3v) is 7.13. The number of carbonyl (C=O) groups excluding carboxylic acids is 1. The molecule has 6 heteroatoms. The highest BCUT2D eigenvalue weighted by atomic mass is 16.5. The van der Waals surface area contributed by atoms with Crippen molar-refractivity contribution >= 4 is 16.9 Å². The van der Waals surface area contributed by atoms with Crippen LogP contribution in [0.25, 0.3) is 27.8 Å². The maximum Gasteiger partial charge on any atom is 0.337 e. The van der Waals surface area contributed by atoms with E-state index in [2.05, 4.69) is 49.7 Å². The van der Waals surface area contributed by atoms with Crippen LogP contribution in [0.1, 0.15) is 65.6 Å². The molecule has 0 N–H and O–H groups in total. The van der Waals surface area contributed by atoms with Crippen molar-refractivity contribution in [3.8, 4) is 16.9 Å². The summed E-state index contributed by atoms with van der Waals surface area (Å²) in [5.74, 6) is 2.00. The molecule has 2 aromatic heterocycles. The largest absolute Gasteiger partial charge is 0.465 e. The number of benzene rings is 2. The van der Waals surface area contributed by atoms with Gasteiger partial charge in [-0.25, -0.2) is 4.79 Å². The maximum atomic E-state index is 12.3. The van der Waals surface area contributed by atoms with E-state index in [1.54, 1.807) is 0 Å². The summed E-state index contributed by atoms with van der Waals surface area (Å²) in [5.41, 5.74) is 6.63. The van der Waals surface area contributed by atoms with E-state index in [1.807, 2.05) is 19.1 Å². The van der Waals surface area contributed by atoms with Gasteiger partial charge < -0.3 is 9.30 Å². The van der Waals surface area contributed by atoms with Gasteiger partial charge in [-0.2, -0.15) is 0 Å². The fourth-order valence-corrected chi connectivity index (χ4v) is 5.71. The molecule has 162 valence electrons. The Balaban J connectivity index is 1.71. The van der Waals surface area contributed by atoms with Crippen LogP contribution in [-0.4, -0.2) is 32.4 Å². The fraction of sp³-hybridized carbons (Fsp3) is 0.346. The topological polar surface area (TPSA) is 61.9 Å². The number of hydrogen-bond acceptors (Lipinski definition) is 4. The molecule has 0 radical (unpaired) electrons. The van der Waals surface area contributed by atoms with Crippen molar-refractivity contribution < 1.29 is 9.53 Å². The molecule has 6 rings (SSSR count). The number of methoxy groups -OCH3 is 1. The maximum absolute atomic E-state index is 12.3. The van der Waals surface area contributed by atoms with Crippen LogP contribution in [0.5, 0.6) is 0 Å². The Kier molecular flexibility index (Phi) is 4.42. The quantitative estimate of drug-likeness (QED) is 0.355. The lowest BCUT2D eigenvalue weighted by molar-refractivity contribution is 0.0601. The summed E-state index contributed by atoms with van der Waals surface area (Å²) in [6.07, 6.45) is 6.26. The number of aryl methyl sites for hydroxylation is 1. The summed E-state index contributed by atoms with van der Waals surface area (Å²) in [7, 11) is 1.43. The van der Waals surface area contributed by atoms with Gasteiger partial charge >= 0.3 is 5.97 Å². The summed E-state index contributed by atoms with van der Waals surface area (Å²) in [6.45, 7) is 2.61. The van der Waals surface area contributed by atoms with E-state index in [0.29, 0.717) is 18.0 Å². The Bertz CT molecular complexity index is 1360. The molecule has 0 atom stereocenters. The molecular weight excluding hydrogens is 400 g/mol. The van der Waals surface area contributed by atoms with E-state index in [1.165, 1.54) is 61.4 Å². The molecule has 1 fully saturated rings. The second-order valence-electron chi connectivity index (χ2n) is 8.92. The number of fused-ring (bicyclic) bond motifs is 7. The number of rotatable bonds is 2. The minimum absolute atomic E-state index is 0.310. The monoisotopic (exact) mass is 426 g/mol. The first kappa shape index (κ1) is 19.3. The van der Waals surface area contributed by atoms with Crippen LogP contribution in [0.3, 0.4) is 0 Å². The van der Waals surface area contributed by atoms with Crippen LogP contribution in [0, 0.1) is 6.92 Å². The highest BCUT2D eigenvalue weighted by molar-refractivity contribution is 5.99. The number of para-hydroxylation sites is 1. The minimum Gasteiger partial charge on any atom is -0.465 e. The van der Waals surface area contributed by atoms with Gasteiger partial charge in [-0.3, -0.25) is 4.57 Å². The van der Waals surface area contributed by atoms with Crippen LogP contribution in [0.2, 0.25) is 0 Å². The van der Waals surface area contributed by atoms with Crippen LogP contribution in [-0.2, 0) is 11.3 Å². The second-order valence-corrected chi connectivity index (χ2v) is 8.92. The summed E-state index contributed by atoms with van der Waals surface area (Å²) in [5, 5.41) is 10.1. The number of carbonyl (C=O) groups is 1. The Morgan fingerprint density at radius 2 is 1.88 bits per heavy atom. The molecule has 0 saturated heterocycles. The predicted molar refractivity (Wildman–Crippen MR) is 123 cm³/mol. The zero-order valence-electron chi connectivity index (χ0n) is 18.5. The minimum atomic E-state index is -0.310. The summed E-state index contributed by atoms with van der Waals surface area (Å²) < 4.78 is 9.53. The van der Waals surface area contributed by atoms with Gasteiger partial charge in [0.1, 0.15) is 5.82 Å². The van der Waals surface area contributed by atoms with Crippen LogP contribution in [0.15, 0.2) is 42.5 Å². The summed E-state index contributed by atoms with van der Waals surface area (Å²) in [4.78, 5) is 12.3. The van der Waals surface area contributed by atoms with E-state index in [4.69, 9.17) is 4.74 Å². The number of esters is 1. The van der Waals surface area contributed by atoms with Gasteiger partial charge in [0.05, 0.1) is 36.1 Å². The zero-order chi connectivity index (χ0) is 21.8. The van der Waals surface area contributed by atoms with Crippen molar-refractivity contribution in [2.45, 2.75) is 51.5 Å². The SMILES string of the molecule is COC(=O)c1ccc2c(C3CCCCC3)c3n(c2c1)Cc1nnc(C)n1-c1ccccc1-3. The van der Waals surface area contributed by atoms with Gasteiger partial charge in [0.25, 0.3) is 0 Å². The van der Waals surface area contributed by atoms with Gasteiger partial charge in [0, 0.05) is 10.9 Å². The van der Waals surface area contributed by atoms with Crippen molar-refractivity contribution in [3.63, 3.8) is 0 Å². The van der Waals surface area contributed by atoms with Crippen LogP contribution < -0.4 is 0 Å². The molecule has 6 nitrogen and oxygen atoms in total. The zero-order valence-corrected chi connectivity index (χ0v) is 18.5. The van der Waals surface area contributed by atoms with E-state index >= 15 is 0 Å². The molecule has 1 saturated carbocycles. The lowest BCUT2D eigenvalue weighted by Crippen LogP contribution is -2.07. The molecule has 32 heavy (non-hydrogen) atoms. The van der Waals surface area contributed by atoms with Gasteiger partial charge in [0.2, 0.25) is 0 Å². The predicted octanol–water partition coefficient (Wildman–Crippen LogP) is 5.39. The highest BCUT2D eigenvalue weighted by Crippen LogP contribution is 2.46. The van der Waals surface area contributed by atoms with Gasteiger partial charge in [-0.05, 0) is 49.4 Å². The smallest absolute Gasteiger partial charge is 0.337 e. The number of nitrogens with zero attached hydrogens (tertiary/aromatic N) is 4. The first-order valence-corrected chi connectivity index (χ1v) is 11.4. The number of aromatic nitrogens is 4. The molecule has 4 aromatic rings. The average Bonchev–Trinajstić information content (AvgIpc) is 3.31. The van der Waals surface area contributed by atoms with E-state index in [-0.39, 0.29) is 5.97 Å². The summed E-state index contributed by atoms with van der Waals surface area (Å²) >= 11 is 0. The first-order chi connectivity index (χ1) is 15.7. The molecule has 0 amide bonds. The van der Waals surface area contributed by atoms with Crippen molar-refractivity contribution in [1.82, 2.24) is 19.3 Å². The Labute approximate surface area is 186 Å². The molecule has 1 aliphatic heterocycles. The third kappa shape index (κ3) is 2.75. The van der Waals surface area contributed by atoms with Gasteiger partial charge in [0.15, 0.2) is 5.82 Å². The Morgan fingerprint density at radius 1 is 1.06 bits per heavy atom. The standard InChI is InChI=1S/C26H26N4O2/c1-16-27-28-23-15-29-22-14-18(26(31)32-2)12-13-19(22)24(17-8-4-3-5-9-17)25(29)20-10-6-7-11-21(20)30(16)23/h6-7,10-14,17H,3-5,8-9,15H2,1-2H3. The fourth-order valence-electron chi connectivity index (χ4n) is 5.71. The van der Waals surface area contributed by atoms with Crippen molar-refractivity contribution in [2.75, 3.05) is 7.11 Å².